The summed E-state index contributed by atoms with van der Waals surface area (Å²) in [6.45, 7) is 4.13. The number of fused-ring (bicyclic) bond motifs is 1. The maximum atomic E-state index is 12.5. The van der Waals surface area contributed by atoms with Gasteiger partial charge >= 0.3 is 0 Å². The molecule has 0 aliphatic carbocycles. The number of aryl methyl sites for hydroxylation is 1. The predicted octanol–water partition coefficient (Wildman–Crippen LogP) is -0.210. The molecule has 1 aromatic heterocycles. The van der Waals surface area contributed by atoms with Crippen LogP contribution >= 0.6 is 0 Å². The number of aromatic nitrogens is 1. The van der Waals surface area contributed by atoms with Crippen LogP contribution in [0.15, 0.2) is 10.6 Å². The molecule has 1 aromatic rings. The monoisotopic (exact) mass is 320 g/mol. The topological polar surface area (TPSA) is 95.8 Å². The third-order valence-corrected chi connectivity index (χ3v) is 4.67. The normalized spacial score (nSPS) is 26.3. The standard InChI is InChI=1S/C15H20N4O4/c1-8-4-11(17-23-8)15(22)18-6-10-5-12(14(21)16-3)19(9(2)20)13(10)7-18/h4,10,12-13H,5-7H2,1-3H3,(H,16,21)/t10-,12-,13+/m0/s1. The van der Waals surface area contributed by atoms with E-state index in [-0.39, 0.29) is 35.4 Å². The fourth-order valence-electron chi connectivity index (χ4n) is 3.68. The first-order valence-corrected chi connectivity index (χ1v) is 7.65. The van der Waals surface area contributed by atoms with Crippen LogP contribution in [0.5, 0.6) is 0 Å². The van der Waals surface area contributed by atoms with Crippen LogP contribution in [-0.4, -0.2) is 64.9 Å². The van der Waals surface area contributed by atoms with E-state index >= 15 is 0 Å². The van der Waals surface area contributed by atoms with E-state index in [1.165, 1.54) is 6.92 Å². The first-order valence-electron chi connectivity index (χ1n) is 7.65. The summed E-state index contributed by atoms with van der Waals surface area (Å²) in [5.41, 5.74) is 0.277. The van der Waals surface area contributed by atoms with E-state index < -0.39 is 6.04 Å². The summed E-state index contributed by atoms with van der Waals surface area (Å²) in [7, 11) is 1.57. The Bertz CT molecular complexity index is 656. The Hall–Kier alpha value is -2.38. The second-order valence-electron chi connectivity index (χ2n) is 6.15. The summed E-state index contributed by atoms with van der Waals surface area (Å²) in [6, 6.07) is 1.04. The Morgan fingerprint density at radius 2 is 2.09 bits per heavy atom. The molecule has 0 bridgehead atoms. The second kappa shape index (κ2) is 5.68. The number of hydrogen-bond donors (Lipinski definition) is 1. The molecule has 0 aromatic carbocycles. The van der Waals surface area contributed by atoms with Gasteiger partial charge in [0.1, 0.15) is 11.8 Å². The molecular weight excluding hydrogens is 300 g/mol. The molecule has 3 amide bonds. The highest BCUT2D eigenvalue weighted by Gasteiger charge is 2.50. The molecule has 0 saturated carbocycles. The number of likely N-dealkylation sites (tertiary alicyclic amines) is 2. The molecule has 0 spiro atoms. The first-order chi connectivity index (χ1) is 10.9. The summed E-state index contributed by atoms with van der Waals surface area (Å²) < 4.78 is 4.95. The summed E-state index contributed by atoms with van der Waals surface area (Å²) >= 11 is 0. The van der Waals surface area contributed by atoms with Crippen LogP contribution in [0.4, 0.5) is 0 Å². The number of rotatable bonds is 2. The molecule has 0 radical (unpaired) electrons. The van der Waals surface area contributed by atoms with Crippen LogP contribution < -0.4 is 5.32 Å². The maximum Gasteiger partial charge on any atom is 0.276 e. The van der Waals surface area contributed by atoms with Gasteiger partial charge in [-0.25, -0.2) is 0 Å². The van der Waals surface area contributed by atoms with Gasteiger partial charge in [-0.1, -0.05) is 5.16 Å². The van der Waals surface area contributed by atoms with Crippen molar-refractivity contribution < 1.29 is 18.9 Å². The van der Waals surface area contributed by atoms with E-state index in [1.807, 2.05) is 0 Å². The Morgan fingerprint density at radius 3 is 2.65 bits per heavy atom. The molecule has 2 aliphatic heterocycles. The van der Waals surface area contributed by atoms with E-state index in [1.54, 1.807) is 29.8 Å². The number of nitrogens with one attached hydrogen (secondary N) is 1. The molecule has 3 atom stereocenters. The van der Waals surface area contributed by atoms with Crippen molar-refractivity contribution >= 4 is 17.7 Å². The van der Waals surface area contributed by atoms with E-state index in [2.05, 4.69) is 10.5 Å². The third kappa shape index (κ3) is 2.58. The highest BCUT2D eigenvalue weighted by Crippen LogP contribution is 2.36. The quantitative estimate of drug-likeness (QED) is 0.813. The largest absolute Gasteiger partial charge is 0.361 e. The Morgan fingerprint density at radius 1 is 1.35 bits per heavy atom. The average molecular weight is 320 g/mol. The number of carbonyl (C=O) groups is 3. The molecule has 3 heterocycles. The molecule has 0 unspecified atom stereocenters. The van der Waals surface area contributed by atoms with Crippen LogP contribution in [0.3, 0.4) is 0 Å². The molecule has 8 nitrogen and oxygen atoms in total. The smallest absolute Gasteiger partial charge is 0.276 e. The van der Waals surface area contributed by atoms with Crippen LogP contribution in [0.25, 0.3) is 0 Å². The second-order valence-corrected chi connectivity index (χ2v) is 6.15. The van der Waals surface area contributed by atoms with E-state index in [0.29, 0.717) is 25.3 Å². The molecule has 3 rings (SSSR count). The van der Waals surface area contributed by atoms with E-state index in [0.717, 1.165) is 0 Å². The third-order valence-electron chi connectivity index (χ3n) is 4.67. The van der Waals surface area contributed by atoms with Gasteiger partial charge in [-0.3, -0.25) is 14.4 Å². The summed E-state index contributed by atoms with van der Waals surface area (Å²) in [5.74, 6) is 0.199. The number of likely N-dealkylation sites (N-methyl/N-ethyl adjacent to an activating group) is 1. The van der Waals surface area contributed by atoms with Crippen molar-refractivity contribution in [3.8, 4) is 0 Å². The van der Waals surface area contributed by atoms with Crippen molar-refractivity contribution in [2.45, 2.75) is 32.4 Å². The Kier molecular flexibility index (Phi) is 3.83. The Labute approximate surface area is 133 Å². The van der Waals surface area contributed by atoms with Gasteiger partial charge < -0.3 is 19.6 Å². The van der Waals surface area contributed by atoms with E-state index in [9.17, 15) is 14.4 Å². The van der Waals surface area contributed by atoms with Crippen molar-refractivity contribution in [3.63, 3.8) is 0 Å². The highest BCUT2D eigenvalue weighted by atomic mass is 16.5. The zero-order chi connectivity index (χ0) is 16.7. The number of amides is 3. The fourth-order valence-corrected chi connectivity index (χ4v) is 3.68. The summed E-state index contributed by atoms with van der Waals surface area (Å²) in [5, 5.41) is 6.36. The van der Waals surface area contributed by atoms with Gasteiger partial charge in [0.2, 0.25) is 11.8 Å². The number of nitrogens with zero attached hydrogens (tertiary/aromatic N) is 3. The van der Waals surface area contributed by atoms with Crippen molar-refractivity contribution in [1.82, 2.24) is 20.3 Å². The van der Waals surface area contributed by atoms with Crippen molar-refractivity contribution in [2.75, 3.05) is 20.1 Å². The van der Waals surface area contributed by atoms with Crippen LogP contribution in [-0.2, 0) is 9.59 Å². The lowest BCUT2D eigenvalue weighted by atomic mass is 10.0. The fraction of sp³-hybridized carbons (Fsp3) is 0.600. The minimum absolute atomic E-state index is 0.109. The average Bonchev–Trinajstić information content (AvgIpc) is 3.18. The molecule has 23 heavy (non-hydrogen) atoms. The molecule has 124 valence electrons. The molecule has 2 aliphatic rings. The summed E-state index contributed by atoms with van der Waals surface area (Å²) in [6.07, 6.45) is 0.575. The van der Waals surface area contributed by atoms with Gasteiger partial charge in [0, 0.05) is 39.0 Å². The highest BCUT2D eigenvalue weighted by molar-refractivity contribution is 5.93. The van der Waals surface area contributed by atoms with Crippen molar-refractivity contribution in [3.05, 3.63) is 17.5 Å². The van der Waals surface area contributed by atoms with Gasteiger partial charge in [-0.2, -0.15) is 0 Å². The minimum atomic E-state index is -0.445. The maximum absolute atomic E-state index is 12.5. The van der Waals surface area contributed by atoms with Crippen LogP contribution in [0, 0.1) is 12.8 Å². The zero-order valence-electron chi connectivity index (χ0n) is 13.4. The van der Waals surface area contributed by atoms with Gasteiger partial charge in [0.05, 0.1) is 6.04 Å². The van der Waals surface area contributed by atoms with Gasteiger partial charge in [-0.05, 0) is 13.3 Å². The molecule has 8 heteroatoms. The predicted molar refractivity (Wildman–Crippen MR) is 79.4 cm³/mol. The molecule has 1 N–H and O–H groups in total. The van der Waals surface area contributed by atoms with Gasteiger partial charge in [0.25, 0.3) is 5.91 Å². The molecular formula is C15H20N4O4. The van der Waals surface area contributed by atoms with E-state index in [4.69, 9.17) is 4.52 Å². The lowest BCUT2D eigenvalue weighted by Crippen LogP contribution is -2.49. The lowest BCUT2D eigenvalue weighted by Gasteiger charge is -2.28. The lowest BCUT2D eigenvalue weighted by molar-refractivity contribution is -0.138. The van der Waals surface area contributed by atoms with Crippen LogP contribution in [0.1, 0.15) is 29.6 Å². The van der Waals surface area contributed by atoms with Crippen molar-refractivity contribution in [1.29, 1.82) is 0 Å². The van der Waals surface area contributed by atoms with Crippen LogP contribution in [0.2, 0.25) is 0 Å². The first kappa shape index (κ1) is 15.5. The number of hydrogen-bond acceptors (Lipinski definition) is 5. The van der Waals surface area contributed by atoms with Gasteiger partial charge in [-0.15, -0.1) is 0 Å². The minimum Gasteiger partial charge on any atom is -0.361 e. The summed E-state index contributed by atoms with van der Waals surface area (Å²) in [4.78, 5) is 39.7. The van der Waals surface area contributed by atoms with Crippen molar-refractivity contribution in [2.24, 2.45) is 5.92 Å². The Balaban J connectivity index is 1.76. The zero-order valence-corrected chi connectivity index (χ0v) is 13.4. The SMILES string of the molecule is CNC(=O)[C@@H]1C[C@H]2CN(C(=O)c3cc(C)on3)C[C@H]2N1C(C)=O. The number of carbonyl (C=O) groups excluding carboxylic acids is 3. The van der Waals surface area contributed by atoms with Gasteiger partial charge in [0.15, 0.2) is 5.69 Å². The molecule has 2 saturated heterocycles. The molecule has 2 fully saturated rings.